The van der Waals surface area contributed by atoms with Gasteiger partial charge < -0.3 is 20.1 Å². The van der Waals surface area contributed by atoms with Crippen molar-refractivity contribution in [2.75, 3.05) is 33.4 Å². The largest absolute Gasteiger partial charge is 0.497 e. The van der Waals surface area contributed by atoms with Crippen molar-refractivity contribution in [1.29, 1.82) is 0 Å². The highest BCUT2D eigenvalue weighted by molar-refractivity contribution is 5.79. The number of nitrogens with zero attached hydrogens (tertiary/aromatic N) is 1. The summed E-state index contributed by atoms with van der Waals surface area (Å²) < 4.78 is 47.0. The molecule has 0 saturated carbocycles. The summed E-state index contributed by atoms with van der Waals surface area (Å²) in [5.41, 5.74) is 1.02. The van der Waals surface area contributed by atoms with E-state index in [0.29, 0.717) is 45.2 Å². The van der Waals surface area contributed by atoms with Gasteiger partial charge in [0.15, 0.2) is 5.96 Å². The van der Waals surface area contributed by atoms with E-state index in [1.165, 1.54) is 0 Å². The smallest absolute Gasteiger partial charge is 0.389 e. The number of alkyl halides is 3. The van der Waals surface area contributed by atoms with Gasteiger partial charge in [-0.1, -0.05) is 12.1 Å². The lowest BCUT2D eigenvalue weighted by Gasteiger charge is -2.13. The van der Waals surface area contributed by atoms with E-state index < -0.39 is 12.6 Å². The van der Waals surface area contributed by atoms with Crippen molar-refractivity contribution in [2.24, 2.45) is 4.99 Å². The average molecular weight is 389 g/mol. The Bertz CT molecular complexity index is 534. The van der Waals surface area contributed by atoms with Gasteiger partial charge in [0.05, 0.1) is 13.7 Å². The number of aliphatic imine (C=N–C) groups is 1. The summed E-state index contributed by atoms with van der Waals surface area (Å²) in [6.07, 6.45) is -3.49. The molecule has 0 amide bonds. The van der Waals surface area contributed by atoms with E-state index >= 15 is 0 Å². The van der Waals surface area contributed by atoms with Crippen LogP contribution in [0.5, 0.6) is 5.75 Å². The van der Waals surface area contributed by atoms with Gasteiger partial charge in [-0.25, -0.2) is 4.99 Å². The molecule has 0 spiro atoms. The number of ether oxygens (including phenoxy) is 2. The van der Waals surface area contributed by atoms with Gasteiger partial charge in [-0.2, -0.15) is 13.2 Å². The van der Waals surface area contributed by atoms with Crippen molar-refractivity contribution >= 4 is 5.96 Å². The van der Waals surface area contributed by atoms with E-state index in [-0.39, 0.29) is 6.42 Å². The van der Waals surface area contributed by atoms with Gasteiger partial charge in [-0.3, -0.25) is 0 Å². The molecule has 27 heavy (non-hydrogen) atoms. The number of hydrogen-bond donors (Lipinski definition) is 2. The van der Waals surface area contributed by atoms with Crippen LogP contribution in [0.1, 0.15) is 38.2 Å². The Morgan fingerprint density at radius 2 is 1.70 bits per heavy atom. The van der Waals surface area contributed by atoms with E-state index in [1.807, 2.05) is 31.2 Å². The first-order valence-electron chi connectivity index (χ1n) is 9.24. The predicted molar refractivity (Wildman–Crippen MR) is 101 cm³/mol. The quantitative estimate of drug-likeness (QED) is 0.324. The molecule has 0 aliphatic heterocycles. The molecule has 0 aliphatic rings. The molecule has 2 N–H and O–H groups in total. The van der Waals surface area contributed by atoms with Crippen LogP contribution in [-0.2, 0) is 11.3 Å². The maximum Gasteiger partial charge on any atom is 0.389 e. The first-order chi connectivity index (χ1) is 12.9. The summed E-state index contributed by atoms with van der Waals surface area (Å²) in [5, 5.41) is 6.29. The molecule has 5 nitrogen and oxygen atoms in total. The third-order valence-corrected chi connectivity index (χ3v) is 3.72. The topological polar surface area (TPSA) is 54.9 Å². The third kappa shape index (κ3) is 12.1. The molecule has 1 aromatic rings. The highest BCUT2D eigenvalue weighted by atomic mass is 19.4. The summed E-state index contributed by atoms with van der Waals surface area (Å²) >= 11 is 0. The van der Waals surface area contributed by atoms with Gasteiger partial charge in [-0.15, -0.1) is 0 Å². The molecule has 0 aromatic heterocycles. The summed E-state index contributed by atoms with van der Waals surface area (Å²) in [5.74, 6) is 1.37. The molecule has 8 heteroatoms. The standard InChI is InChI=1S/C19H30F3N3O2/c1-3-27-14-6-13-24-18(23-12-5-4-11-19(20,21)22)25-15-16-7-9-17(26-2)10-8-16/h7-10H,3-6,11-15H2,1-2H3,(H2,23,24,25). The number of unbranched alkanes of at least 4 members (excludes halogenated alkanes) is 1. The van der Waals surface area contributed by atoms with Crippen LogP contribution in [0.25, 0.3) is 0 Å². The zero-order valence-corrected chi connectivity index (χ0v) is 16.1. The summed E-state index contributed by atoms with van der Waals surface area (Å²) in [6.45, 7) is 4.86. The number of methoxy groups -OCH3 is 1. The number of nitrogens with one attached hydrogen (secondary N) is 2. The van der Waals surface area contributed by atoms with Crippen LogP contribution < -0.4 is 15.4 Å². The molecule has 0 unspecified atom stereocenters. The van der Waals surface area contributed by atoms with Crippen molar-refractivity contribution in [1.82, 2.24) is 10.6 Å². The Morgan fingerprint density at radius 3 is 2.30 bits per heavy atom. The predicted octanol–water partition coefficient (Wildman–Crippen LogP) is 3.89. The fourth-order valence-electron chi connectivity index (χ4n) is 2.26. The van der Waals surface area contributed by atoms with E-state index in [9.17, 15) is 13.2 Å². The second-order valence-electron chi connectivity index (χ2n) is 5.99. The van der Waals surface area contributed by atoms with Crippen LogP contribution in [0, 0.1) is 0 Å². The molecule has 0 radical (unpaired) electrons. The lowest BCUT2D eigenvalue weighted by atomic mass is 10.2. The number of guanidine groups is 1. The molecule has 0 atom stereocenters. The zero-order chi connectivity index (χ0) is 20.0. The molecule has 0 heterocycles. The van der Waals surface area contributed by atoms with Crippen molar-refractivity contribution in [3.05, 3.63) is 29.8 Å². The minimum absolute atomic E-state index is 0.104. The maximum atomic E-state index is 12.2. The second kappa shape index (κ2) is 13.2. The normalized spacial score (nSPS) is 12.1. The Balaban J connectivity index is 2.47. The summed E-state index contributed by atoms with van der Waals surface area (Å²) in [7, 11) is 1.61. The lowest BCUT2D eigenvalue weighted by molar-refractivity contribution is -0.135. The minimum atomic E-state index is -4.09. The second-order valence-corrected chi connectivity index (χ2v) is 5.99. The SMILES string of the molecule is CCOCCCNC(=NCc1ccc(OC)cc1)NCCCCC(F)(F)F. The summed E-state index contributed by atoms with van der Waals surface area (Å²) in [4.78, 5) is 4.50. The van der Waals surface area contributed by atoms with Crippen molar-refractivity contribution in [3.8, 4) is 5.75 Å². The minimum Gasteiger partial charge on any atom is -0.497 e. The highest BCUT2D eigenvalue weighted by Crippen LogP contribution is 2.21. The van der Waals surface area contributed by atoms with Crippen LogP contribution in [-0.4, -0.2) is 45.5 Å². The Labute approximate surface area is 159 Å². The number of rotatable bonds is 12. The van der Waals surface area contributed by atoms with Gasteiger partial charge >= 0.3 is 6.18 Å². The fourth-order valence-corrected chi connectivity index (χ4v) is 2.26. The van der Waals surface area contributed by atoms with Crippen molar-refractivity contribution < 1.29 is 22.6 Å². The highest BCUT2D eigenvalue weighted by Gasteiger charge is 2.25. The van der Waals surface area contributed by atoms with Gasteiger partial charge in [-0.05, 0) is 43.9 Å². The molecule has 154 valence electrons. The lowest BCUT2D eigenvalue weighted by Crippen LogP contribution is -2.38. The zero-order valence-electron chi connectivity index (χ0n) is 16.1. The van der Waals surface area contributed by atoms with Gasteiger partial charge in [0.25, 0.3) is 0 Å². The first kappa shape index (κ1) is 23.1. The average Bonchev–Trinajstić information content (AvgIpc) is 2.64. The van der Waals surface area contributed by atoms with Crippen molar-refractivity contribution in [2.45, 2.75) is 45.3 Å². The first-order valence-corrected chi connectivity index (χ1v) is 9.24. The van der Waals surface area contributed by atoms with Crippen LogP contribution in [0.3, 0.4) is 0 Å². The fraction of sp³-hybridized carbons (Fsp3) is 0.632. The van der Waals surface area contributed by atoms with Crippen LogP contribution >= 0.6 is 0 Å². The number of benzene rings is 1. The molecular weight excluding hydrogens is 359 g/mol. The van der Waals surface area contributed by atoms with Crippen molar-refractivity contribution in [3.63, 3.8) is 0 Å². The van der Waals surface area contributed by atoms with Gasteiger partial charge in [0.1, 0.15) is 5.75 Å². The molecule has 0 fully saturated rings. The van der Waals surface area contributed by atoms with Crippen LogP contribution in [0.2, 0.25) is 0 Å². The van der Waals surface area contributed by atoms with E-state index in [0.717, 1.165) is 17.7 Å². The molecule has 0 bridgehead atoms. The van der Waals surface area contributed by atoms with Gasteiger partial charge in [0, 0.05) is 32.7 Å². The number of hydrogen-bond acceptors (Lipinski definition) is 3. The third-order valence-electron chi connectivity index (χ3n) is 3.72. The molecule has 0 saturated heterocycles. The van der Waals surface area contributed by atoms with Crippen LogP contribution in [0.4, 0.5) is 13.2 Å². The monoisotopic (exact) mass is 389 g/mol. The molecule has 0 aliphatic carbocycles. The maximum absolute atomic E-state index is 12.2. The Kier molecular flexibility index (Phi) is 11.3. The molecule has 1 rings (SSSR count). The number of halogens is 3. The van der Waals surface area contributed by atoms with Gasteiger partial charge in [0.2, 0.25) is 0 Å². The van der Waals surface area contributed by atoms with Crippen LogP contribution in [0.15, 0.2) is 29.3 Å². The van der Waals surface area contributed by atoms with E-state index in [4.69, 9.17) is 9.47 Å². The molecule has 1 aromatic carbocycles. The Hall–Kier alpha value is -1.96. The summed E-state index contributed by atoms with van der Waals surface area (Å²) in [6, 6.07) is 7.59. The van der Waals surface area contributed by atoms with E-state index in [1.54, 1.807) is 7.11 Å². The Morgan fingerprint density at radius 1 is 1.04 bits per heavy atom. The molecular formula is C19H30F3N3O2. The van der Waals surface area contributed by atoms with E-state index in [2.05, 4.69) is 15.6 Å².